The molecule has 3 atom stereocenters. The number of benzene rings is 1. The van der Waals surface area contributed by atoms with Gasteiger partial charge in [0.25, 0.3) is 0 Å². The van der Waals surface area contributed by atoms with Crippen LogP contribution in [0.15, 0.2) is 24.3 Å². The van der Waals surface area contributed by atoms with Gasteiger partial charge in [-0.3, -0.25) is 0 Å². The minimum Gasteiger partial charge on any atom is -0.508 e. The van der Waals surface area contributed by atoms with Crippen LogP contribution >= 0.6 is 11.8 Å². The maximum Gasteiger partial charge on any atom is 0.115 e. The van der Waals surface area contributed by atoms with Crippen molar-refractivity contribution in [2.24, 2.45) is 0 Å². The summed E-state index contributed by atoms with van der Waals surface area (Å²) in [5.74, 6) is 0.352. The normalized spacial score (nSPS) is 24.5. The van der Waals surface area contributed by atoms with Crippen LogP contribution in [0, 0.1) is 0 Å². The standard InChI is InChI=1S/C17H27NOS/c1-13(6-7-14-8-10-16(19)11-9-14)18-15-4-3-5-17(12-15)20-2/h8-11,13,15,17-19H,3-7,12H2,1-2H3. The van der Waals surface area contributed by atoms with Gasteiger partial charge in [-0.05, 0) is 63.0 Å². The zero-order chi connectivity index (χ0) is 14.4. The molecule has 3 unspecified atom stereocenters. The van der Waals surface area contributed by atoms with Crippen LogP contribution in [0.1, 0.15) is 44.6 Å². The molecule has 1 aromatic carbocycles. The zero-order valence-corrected chi connectivity index (χ0v) is 13.5. The Balaban J connectivity index is 1.72. The van der Waals surface area contributed by atoms with Gasteiger partial charge in [-0.25, -0.2) is 0 Å². The summed E-state index contributed by atoms with van der Waals surface area (Å²) in [6, 6.07) is 8.86. The van der Waals surface area contributed by atoms with Gasteiger partial charge < -0.3 is 10.4 Å². The molecule has 1 aliphatic carbocycles. The first-order chi connectivity index (χ1) is 9.67. The third kappa shape index (κ3) is 5.02. The Hall–Kier alpha value is -0.670. The topological polar surface area (TPSA) is 32.3 Å². The largest absolute Gasteiger partial charge is 0.508 e. The molecule has 112 valence electrons. The Morgan fingerprint density at radius 3 is 2.75 bits per heavy atom. The first-order valence-corrected chi connectivity index (χ1v) is 9.03. The highest BCUT2D eigenvalue weighted by atomic mass is 32.2. The van der Waals surface area contributed by atoms with Gasteiger partial charge in [0.05, 0.1) is 0 Å². The summed E-state index contributed by atoms with van der Waals surface area (Å²) in [5.41, 5.74) is 1.31. The van der Waals surface area contributed by atoms with Crippen LogP contribution in [-0.4, -0.2) is 28.7 Å². The minimum atomic E-state index is 0.352. The number of phenolic OH excluding ortho intramolecular Hbond substituents is 1. The van der Waals surface area contributed by atoms with E-state index in [-0.39, 0.29) is 0 Å². The molecule has 0 saturated heterocycles. The van der Waals surface area contributed by atoms with E-state index in [1.807, 2.05) is 23.9 Å². The number of thioether (sulfide) groups is 1. The molecule has 0 radical (unpaired) electrons. The Labute approximate surface area is 127 Å². The van der Waals surface area contributed by atoms with Crippen molar-refractivity contribution >= 4 is 11.8 Å². The summed E-state index contributed by atoms with van der Waals surface area (Å²) in [5, 5.41) is 13.9. The van der Waals surface area contributed by atoms with Crippen molar-refractivity contribution in [1.82, 2.24) is 5.32 Å². The molecule has 0 aliphatic heterocycles. The van der Waals surface area contributed by atoms with E-state index >= 15 is 0 Å². The average Bonchev–Trinajstić information content (AvgIpc) is 2.47. The second-order valence-corrected chi connectivity index (χ2v) is 7.13. The van der Waals surface area contributed by atoms with Gasteiger partial charge in [0.1, 0.15) is 5.75 Å². The highest BCUT2D eigenvalue weighted by molar-refractivity contribution is 7.99. The summed E-state index contributed by atoms with van der Waals surface area (Å²) >= 11 is 2.02. The molecule has 1 aromatic rings. The predicted molar refractivity (Wildman–Crippen MR) is 88.6 cm³/mol. The fourth-order valence-electron chi connectivity index (χ4n) is 3.04. The van der Waals surface area contributed by atoms with Crippen LogP contribution in [0.2, 0.25) is 0 Å². The molecule has 2 N–H and O–H groups in total. The molecular weight excluding hydrogens is 266 g/mol. The van der Waals surface area contributed by atoms with E-state index in [4.69, 9.17) is 0 Å². The molecule has 0 heterocycles. The Morgan fingerprint density at radius 2 is 2.05 bits per heavy atom. The lowest BCUT2D eigenvalue weighted by molar-refractivity contribution is 0.342. The van der Waals surface area contributed by atoms with E-state index in [0.29, 0.717) is 17.8 Å². The second-order valence-electron chi connectivity index (χ2n) is 5.99. The Bertz CT molecular complexity index is 392. The summed E-state index contributed by atoms with van der Waals surface area (Å²) < 4.78 is 0. The van der Waals surface area contributed by atoms with E-state index in [2.05, 4.69) is 18.5 Å². The van der Waals surface area contributed by atoms with Gasteiger partial charge in [0, 0.05) is 17.3 Å². The van der Waals surface area contributed by atoms with Gasteiger partial charge in [0.2, 0.25) is 0 Å². The lowest BCUT2D eigenvalue weighted by atomic mass is 9.94. The monoisotopic (exact) mass is 293 g/mol. The molecule has 0 aromatic heterocycles. The quantitative estimate of drug-likeness (QED) is 0.832. The number of aryl methyl sites for hydroxylation is 1. The molecule has 0 spiro atoms. The van der Waals surface area contributed by atoms with Crippen LogP contribution in [0.25, 0.3) is 0 Å². The van der Waals surface area contributed by atoms with Gasteiger partial charge in [-0.15, -0.1) is 0 Å². The van der Waals surface area contributed by atoms with Crippen LogP contribution < -0.4 is 5.32 Å². The third-order valence-electron chi connectivity index (χ3n) is 4.28. The number of hydrogen-bond acceptors (Lipinski definition) is 3. The van der Waals surface area contributed by atoms with Crippen molar-refractivity contribution in [2.75, 3.05) is 6.26 Å². The van der Waals surface area contributed by atoms with Crippen molar-refractivity contribution in [3.63, 3.8) is 0 Å². The molecule has 1 saturated carbocycles. The van der Waals surface area contributed by atoms with Crippen molar-refractivity contribution in [3.8, 4) is 5.75 Å². The van der Waals surface area contributed by atoms with E-state index in [9.17, 15) is 5.11 Å². The molecule has 20 heavy (non-hydrogen) atoms. The lowest BCUT2D eigenvalue weighted by Gasteiger charge is -2.31. The van der Waals surface area contributed by atoms with Crippen molar-refractivity contribution in [1.29, 1.82) is 0 Å². The highest BCUT2D eigenvalue weighted by Crippen LogP contribution is 2.27. The number of hydrogen-bond donors (Lipinski definition) is 2. The maximum atomic E-state index is 9.28. The number of rotatable bonds is 6. The second kappa shape index (κ2) is 7.94. The van der Waals surface area contributed by atoms with Crippen LogP contribution in [0.4, 0.5) is 0 Å². The molecule has 2 rings (SSSR count). The molecule has 0 bridgehead atoms. The van der Waals surface area contributed by atoms with Gasteiger partial charge in [0.15, 0.2) is 0 Å². The van der Waals surface area contributed by atoms with Gasteiger partial charge in [-0.2, -0.15) is 11.8 Å². The lowest BCUT2D eigenvalue weighted by Crippen LogP contribution is -2.40. The minimum absolute atomic E-state index is 0.352. The van der Waals surface area contributed by atoms with E-state index in [0.717, 1.165) is 18.1 Å². The molecular formula is C17H27NOS. The van der Waals surface area contributed by atoms with E-state index in [1.54, 1.807) is 12.1 Å². The van der Waals surface area contributed by atoms with Crippen molar-refractivity contribution in [2.45, 2.75) is 62.8 Å². The molecule has 3 heteroatoms. The molecule has 1 fully saturated rings. The molecule has 2 nitrogen and oxygen atoms in total. The van der Waals surface area contributed by atoms with Crippen LogP contribution in [0.5, 0.6) is 5.75 Å². The smallest absolute Gasteiger partial charge is 0.115 e. The SMILES string of the molecule is CSC1CCCC(NC(C)CCc2ccc(O)cc2)C1. The first-order valence-electron chi connectivity index (χ1n) is 7.74. The van der Waals surface area contributed by atoms with Crippen molar-refractivity contribution < 1.29 is 5.11 Å². The first kappa shape index (κ1) is 15.7. The summed E-state index contributed by atoms with van der Waals surface area (Å²) in [7, 11) is 0. The van der Waals surface area contributed by atoms with Crippen LogP contribution in [-0.2, 0) is 6.42 Å². The molecule has 1 aliphatic rings. The summed E-state index contributed by atoms with van der Waals surface area (Å²) in [6.45, 7) is 2.29. The van der Waals surface area contributed by atoms with Gasteiger partial charge in [-0.1, -0.05) is 18.6 Å². The average molecular weight is 293 g/mol. The maximum absolute atomic E-state index is 9.28. The van der Waals surface area contributed by atoms with E-state index in [1.165, 1.54) is 31.2 Å². The summed E-state index contributed by atoms with van der Waals surface area (Å²) in [6.07, 6.45) is 9.89. The number of nitrogens with one attached hydrogen (secondary N) is 1. The molecule has 0 amide bonds. The Kier molecular flexibility index (Phi) is 6.24. The number of aromatic hydroxyl groups is 1. The predicted octanol–water partition coefficient (Wildman–Crippen LogP) is 3.98. The summed E-state index contributed by atoms with van der Waals surface area (Å²) in [4.78, 5) is 0. The third-order valence-corrected chi connectivity index (χ3v) is 5.38. The zero-order valence-electron chi connectivity index (χ0n) is 12.6. The van der Waals surface area contributed by atoms with Crippen molar-refractivity contribution in [3.05, 3.63) is 29.8 Å². The van der Waals surface area contributed by atoms with Crippen LogP contribution in [0.3, 0.4) is 0 Å². The highest BCUT2D eigenvalue weighted by Gasteiger charge is 2.22. The fraction of sp³-hybridized carbons (Fsp3) is 0.647. The van der Waals surface area contributed by atoms with Gasteiger partial charge >= 0.3 is 0 Å². The van der Waals surface area contributed by atoms with E-state index < -0.39 is 0 Å². The number of phenols is 1. The Morgan fingerprint density at radius 1 is 1.30 bits per heavy atom. The fourth-order valence-corrected chi connectivity index (χ4v) is 3.87.